The number of hydrogen-bond donors (Lipinski definition) is 2. The second kappa shape index (κ2) is 68.2. The van der Waals surface area contributed by atoms with Gasteiger partial charge in [0.25, 0.3) is 0 Å². The average molecular weight is 947 g/mol. The Labute approximate surface area is 425 Å². The quantitative estimate of drug-likeness (QED) is 0.0365. The third kappa shape index (κ3) is 67.2. The maximum atomic E-state index is 12.1. The lowest BCUT2D eigenvalue weighted by Crippen LogP contribution is -2.17. The number of carbonyl (C=O) groups is 1. The number of allylic oxidation sites excluding steroid dienone is 5. The Morgan fingerprint density at radius 1 is 0.561 bits per heavy atom. The van der Waals surface area contributed by atoms with Crippen molar-refractivity contribution in [1.29, 1.82) is 0 Å². The molecule has 3 heteroatoms. The minimum atomic E-state index is 0.264. The van der Waals surface area contributed by atoms with Crippen LogP contribution in [0.5, 0.6) is 0 Å². The van der Waals surface area contributed by atoms with Gasteiger partial charge in [0.15, 0.2) is 0 Å². The molecular formula is C63H127NOS. The molecule has 1 aliphatic carbocycles. The van der Waals surface area contributed by atoms with Gasteiger partial charge in [0.05, 0.1) is 0 Å². The summed E-state index contributed by atoms with van der Waals surface area (Å²) in [5.41, 5.74) is 2.54. The van der Waals surface area contributed by atoms with Crippen molar-refractivity contribution in [2.24, 2.45) is 11.8 Å². The molecule has 0 heterocycles. The molecule has 66 heavy (non-hydrogen) atoms. The molecule has 1 rings (SSSR count). The molecule has 1 N–H and O–H groups in total. The monoisotopic (exact) mass is 946 g/mol. The standard InChI is InChI=1S/C41H83NO.C10H14S.C4H10.C4H8.2C2H6/c1-4-7-10-13-16-20-25-30-36-41(43)37-32-39-42-38-31-26-21-18-17-19-24-29-35-40(33-27-22-14-11-8-5-2)34-28-23-15-12-9-6-3;1-3-5-9-7-4-6-8(2)10(9)11;1-4(2)3;1-3-4-2;2*1-2/h40,42H,4-39H2,1-3H3;3,5,7,10-11H,2,4,6H2,1H3;4H,1-3H3;3-4H,1-2H3;2*1-2H3. The van der Waals surface area contributed by atoms with Crippen LogP contribution in [0.4, 0.5) is 0 Å². The molecule has 0 aromatic heterocycles. The molecule has 0 bridgehead atoms. The molecule has 0 aliphatic heterocycles. The highest BCUT2D eigenvalue weighted by molar-refractivity contribution is 7.81. The number of thiol groups is 1. The summed E-state index contributed by atoms with van der Waals surface area (Å²) in [7, 11) is 0. The van der Waals surface area contributed by atoms with E-state index in [4.69, 9.17) is 0 Å². The summed E-state index contributed by atoms with van der Waals surface area (Å²) < 4.78 is 0. The molecule has 0 saturated heterocycles. The zero-order valence-electron chi connectivity index (χ0n) is 48.1. The van der Waals surface area contributed by atoms with Crippen molar-refractivity contribution >= 4 is 18.4 Å². The first kappa shape index (κ1) is 73.9. The Kier molecular flexibility index (Phi) is 76.4. The number of unbranched alkanes of at least 4 members (excludes halogenated alkanes) is 24. The SMILES string of the molecule is C=C1CCC=C(C=CC)C1S.CC.CC.CC(C)C.CC=CC.CCCCCCCCCCC(=O)CCCNCCCCCCCCCCC(CCCCCCCC)CCCCCCCC. The minimum absolute atomic E-state index is 0.264. The Hall–Kier alpha value is -1.06. The molecule has 0 radical (unpaired) electrons. The maximum Gasteiger partial charge on any atom is 0.132 e. The maximum absolute atomic E-state index is 12.1. The molecule has 0 amide bonds. The Morgan fingerprint density at radius 3 is 1.27 bits per heavy atom. The van der Waals surface area contributed by atoms with Crippen LogP contribution in [0.2, 0.25) is 0 Å². The molecule has 396 valence electrons. The summed E-state index contributed by atoms with van der Waals surface area (Å²) in [5.74, 6) is 2.33. The fraction of sp³-hybridized carbons (Fsp3) is 0.857. The van der Waals surface area contributed by atoms with Crippen molar-refractivity contribution in [1.82, 2.24) is 5.32 Å². The molecule has 0 saturated carbocycles. The van der Waals surface area contributed by atoms with Gasteiger partial charge in [-0.3, -0.25) is 4.79 Å². The molecule has 0 fully saturated rings. The van der Waals surface area contributed by atoms with Gasteiger partial charge in [-0.25, -0.2) is 0 Å². The molecule has 1 aliphatic rings. The van der Waals surface area contributed by atoms with Gasteiger partial charge in [0, 0.05) is 18.1 Å². The van der Waals surface area contributed by atoms with Gasteiger partial charge in [-0.05, 0) is 83.4 Å². The zero-order valence-corrected chi connectivity index (χ0v) is 48.9. The van der Waals surface area contributed by atoms with Crippen LogP contribution in [0.25, 0.3) is 0 Å². The van der Waals surface area contributed by atoms with Crippen molar-refractivity contribution in [2.75, 3.05) is 13.1 Å². The van der Waals surface area contributed by atoms with E-state index >= 15 is 0 Å². The van der Waals surface area contributed by atoms with Crippen LogP contribution in [0.3, 0.4) is 0 Å². The lowest BCUT2D eigenvalue weighted by atomic mass is 9.89. The molecule has 0 spiro atoms. The second-order valence-electron chi connectivity index (χ2n) is 19.4. The average Bonchev–Trinajstić information content (AvgIpc) is 3.32. The lowest BCUT2D eigenvalue weighted by Gasteiger charge is -2.19. The number of ketones is 1. The van der Waals surface area contributed by atoms with E-state index in [-0.39, 0.29) is 5.25 Å². The van der Waals surface area contributed by atoms with Crippen molar-refractivity contribution in [3.8, 4) is 0 Å². The number of hydrogen-bond acceptors (Lipinski definition) is 3. The summed E-state index contributed by atoms with van der Waals surface area (Å²) in [5, 5.41) is 3.84. The smallest absolute Gasteiger partial charge is 0.132 e. The Balaban J connectivity index is -0.000000438. The van der Waals surface area contributed by atoms with Gasteiger partial charge < -0.3 is 5.32 Å². The molecule has 0 aromatic rings. The van der Waals surface area contributed by atoms with Crippen molar-refractivity contribution in [2.45, 2.75) is 326 Å². The van der Waals surface area contributed by atoms with E-state index < -0.39 is 0 Å². The van der Waals surface area contributed by atoms with Crippen LogP contribution in [-0.2, 0) is 4.79 Å². The van der Waals surface area contributed by atoms with Gasteiger partial charge >= 0.3 is 0 Å². The van der Waals surface area contributed by atoms with Gasteiger partial charge in [-0.1, -0.05) is 298 Å². The number of nitrogens with one attached hydrogen (secondary N) is 1. The first-order chi connectivity index (χ1) is 32.1. The molecule has 0 aromatic carbocycles. The van der Waals surface area contributed by atoms with E-state index in [2.05, 4.69) is 78.2 Å². The first-order valence-corrected chi connectivity index (χ1v) is 30.1. The number of carbonyl (C=O) groups excluding carboxylic acids is 1. The van der Waals surface area contributed by atoms with Crippen LogP contribution < -0.4 is 5.32 Å². The van der Waals surface area contributed by atoms with Gasteiger partial charge in [0.1, 0.15) is 5.78 Å². The van der Waals surface area contributed by atoms with Crippen LogP contribution in [-0.4, -0.2) is 24.1 Å². The minimum Gasteiger partial charge on any atom is -0.317 e. The Morgan fingerprint density at radius 2 is 0.894 bits per heavy atom. The normalized spacial score (nSPS) is 13.2. The van der Waals surface area contributed by atoms with Crippen LogP contribution in [0, 0.1) is 11.8 Å². The fourth-order valence-corrected chi connectivity index (χ4v) is 8.30. The summed E-state index contributed by atoms with van der Waals surface area (Å²) in [4.78, 5) is 12.1. The topological polar surface area (TPSA) is 29.1 Å². The van der Waals surface area contributed by atoms with E-state index in [1.165, 1.54) is 204 Å². The molecule has 2 nitrogen and oxygen atoms in total. The number of rotatable bonds is 39. The third-order valence-electron chi connectivity index (χ3n) is 12.0. The van der Waals surface area contributed by atoms with Crippen molar-refractivity contribution in [3.63, 3.8) is 0 Å². The highest BCUT2D eigenvalue weighted by atomic mass is 32.1. The van der Waals surface area contributed by atoms with E-state index in [1.54, 1.807) is 0 Å². The van der Waals surface area contributed by atoms with Crippen molar-refractivity contribution < 1.29 is 4.79 Å². The second-order valence-corrected chi connectivity index (χ2v) is 19.9. The predicted octanol–water partition coefficient (Wildman–Crippen LogP) is 22.5. The summed E-state index contributed by atoms with van der Waals surface area (Å²) in [6.45, 7) is 33.6. The fourth-order valence-electron chi connectivity index (χ4n) is 7.98. The third-order valence-corrected chi connectivity index (χ3v) is 12.7. The van der Waals surface area contributed by atoms with E-state index in [1.807, 2.05) is 66.7 Å². The van der Waals surface area contributed by atoms with Gasteiger partial charge in [-0.15, -0.1) is 0 Å². The van der Waals surface area contributed by atoms with Crippen LogP contribution in [0.15, 0.2) is 48.1 Å². The van der Waals surface area contributed by atoms with Gasteiger partial charge in [0.2, 0.25) is 0 Å². The first-order valence-electron chi connectivity index (χ1n) is 29.6. The van der Waals surface area contributed by atoms with Crippen LogP contribution in [0.1, 0.15) is 321 Å². The summed E-state index contributed by atoms with van der Waals surface area (Å²) in [6.07, 6.45) is 58.9. The van der Waals surface area contributed by atoms with E-state index in [0.29, 0.717) is 5.78 Å². The summed E-state index contributed by atoms with van der Waals surface area (Å²) in [6, 6.07) is 0. The highest BCUT2D eigenvalue weighted by Gasteiger charge is 2.14. The summed E-state index contributed by atoms with van der Waals surface area (Å²) >= 11 is 4.47. The lowest BCUT2D eigenvalue weighted by molar-refractivity contribution is -0.119. The zero-order chi connectivity index (χ0) is 50.6. The largest absolute Gasteiger partial charge is 0.317 e. The molecule has 1 atom stereocenters. The van der Waals surface area contributed by atoms with Crippen LogP contribution >= 0.6 is 12.6 Å². The van der Waals surface area contributed by atoms with E-state index in [9.17, 15) is 4.79 Å². The van der Waals surface area contributed by atoms with Gasteiger partial charge in [-0.2, -0.15) is 12.6 Å². The Bertz CT molecular complexity index is 956. The van der Waals surface area contributed by atoms with Crippen molar-refractivity contribution in [3.05, 3.63) is 48.1 Å². The molecular weight excluding hydrogens is 819 g/mol. The highest BCUT2D eigenvalue weighted by Crippen LogP contribution is 2.28. The predicted molar refractivity (Wildman–Crippen MR) is 313 cm³/mol. The number of Topliss-reactive ketones (excluding diaryl/α,β-unsaturated/α-hetero) is 1. The van der Waals surface area contributed by atoms with E-state index in [0.717, 1.165) is 63.5 Å². The molecule has 1 unspecified atom stereocenters.